The fourth-order valence-electron chi connectivity index (χ4n) is 3.73. The molecule has 0 heterocycles. The molecule has 2 aliphatic carbocycles. The molecule has 0 bridgehead atoms. The van der Waals surface area contributed by atoms with E-state index < -0.39 is 0 Å². The zero-order chi connectivity index (χ0) is 15.1. The second kappa shape index (κ2) is 10.3. The molecule has 0 saturated heterocycles. The molecule has 5 unspecified atom stereocenters. The minimum Gasteiger partial charge on any atom is -1.00 e. The number of halogens is 2. The summed E-state index contributed by atoms with van der Waals surface area (Å²) in [5.74, 6) is 1.46. The van der Waals surface area contributed by atoms with E-state index in [2.05, 4.69) is 80.5 Å². The zero-order valence-electron chi connectivity index (χ0n) is 14.4. The standard InChI is InChI=1S/C20H22P2.2ClH.Zr/c1-21(19-11-15-7-3-4-8-16(15)12-19)22(2)20-13-17-9-5-6-10-18(17)14-20;;;/h3-13,17-18,20H,14H2,1-2H3;2*1H;/q-2;;;+4/p-2. The van der Waals surface area contributed by atoms with Crippen LogP contribution in [0.25, 0.3) is 10.8 Å². The molecule has 1 saturated carbocycles. The Hall–Kier alpha value is 0.633. The normalized spacial score (nSPS) is 26.1. The van der Waals surface area contributed by atoms with E-state index >= 15 is 0 Å². The van der Waals surface area contributed by atoms with Gasteiger partial charge < -0.3 is 31.2 Å². The van der Waals surface area contributed by atoms with Crippen molar-refractivity contribution in [1.82, 2.24) is 0 Å². The van der Waals surface area contributed by atoms with E-state index in [0.717, 1.165) is 11.6 Å². The summed E-state index contributed by atoms with van der Waals surface area (Å²) in [6, 6.07) is 13.6. The third-order valence-electron chi connectivity index (χ3n) is 5.18. The Kier molecular flexibility index (Phi) is 9.71. The maximum absolute atomic E-state index is 2.65. The first-order chi connectivity index (χ1) is 10.7. The third-order valence-corrected chi connectivity index (χ3v) is 12.9. The van der Waals surface area contributed by atoms with Crippen LogP contribution < -0.4 is 30.1 Å². The zero-order valence-corrected chi connectivity index (χ0v) is 20.2. The van der Waals surface area contributed by atoms with E-state index in [1.807, 2.05) is 0 Å². The van der Waals surface area contributed by atoms with Gasteiger partial charge in [0.1, 0.15) is 0 Å². The fraction of sp³-hybridized carbons (Fsp3) is 0.300. The van der Waals surface area contributed by atoms with Crippen molar-refractivity contribution in [3.63, 3.8) is 0 Å². The molecule has 5 heteroatoms. The molecule has 4 rings (SSSR count). The van der Waals surface area contributed by atoms with Gasteiger partial charge in [0.25, 0.3) is 0 Å². The molecular formula is C20H22Cl2P2Zr. The van der Waals surface area contributed by atoms with Crippen molar-refractivity contribution in [2.45, 2.75) is 12.1 Å². The van der Waals surface area contributed by atoms with Crippen LogP contribution in [0.2, 0.25) is 0 Å². The summed E-state index contributed by atoms with van der Waals surface area (Å²) in [5.41, 5.74) is 0.825. The molecule has 0 radical (unpaired) electrons. The van der Waals surface area contributed by atoms with Crippen molar-refractivity contribution in [2.24, 2.45) is 11.8 Å². The average Bonchev–Trinajstić information content (AvgIpc) is 3.16. The summed E-state index contributed by atoms with van der Waals surface area (Å²) in [7, 11) is 0.0115. The van der Waals surface area contributed by atoms with Crippen LogP contribution in [0, 0.1) is 18.3 Å². The molecule has 0 amide bonds. The Bertz CT molecular complexity index is 687. The summed E-state index contributed by atoms with van der Waals surface area (Å²) < 4.78 is 0. The summed E-state index contributed by atoms with van der Waals surface area (Å²) in [6.07, 6.45) is 13.3. The molecule has 2 aliphatic rings. The molecule has 0 spiro atoms. The number of hydrogen-bond donors (Lipinski definition) is 0. The number of hydrogen-bond acceptors (Lipinski definition) is 0. The van der Waals surface area contributed by atoms with Gasteiger partial charge in [-0.15, -0.1) is 65.6 Å². The third kappa shape index (κ3) is 4.92. The van der Waals surface area contributed by atoms with Gasteiger partial charge in [-0.25, -0.2) is 0 Å². The van der Waals surface area contributed by atoms with Crippen LogP contribution >= 0.6 is 15.2 Å². The largest absolute Gasteiger partial charge is 4.00 e. The van der Waals surface area contributed by atoms with Crippen LogP contribution in [0.1, 0.15) is 6.42 Å². The molecule has 1 fully saturated rings. The first-order valence-electron chi connectivity index (χ1n) is 8.04. The fourth-order valence-corrected chi connectivity index (χ4v) is 9.47. The Morgan fingerprint density at radius 2 is 1.76 bits per heavy atom. The minimum absolute atomic E-state index is 0. The van der Waals surface area contributed by atoms with Gasteiger partial charge in [0, 0.05) is 0 Å². The molecular weight excluding hydrogens is 464 g/mol. The summed E-state index contributed by atoms with van der Waals surface area (Å²) in [5, 5.41) is 4.41. The van der Waals surface area contributed by atoms with Crippen molar-refractivity contribution < 1.29 is 51.0 Å². The van der Waals surface area contributed by atoms with Gasteiger partial charge in [-0.3, -0.25) is 0 Å². The first-order valence-corrected chi connectivity index (χ1v) is 12.4. The summed E-state index contributed by atoms with van der Waals surface area (Å²) in [6.45, 7) is 5.03. The Morgan fingerprint density at radius 3 is 2.48 bits per heavy atom. The van der Waals surface area contributed by atoms with Gasteiger partial charge in [0.15, 0.2) is 0 Å². The van der Waals surface area contributed by atoms with Crippen molar-refractivity contribution in [2.75, 3.05) is 13.3 Å². The second-order valence-corrected chi connectivity index (χ2v) is 13.5. The number of rotatable bonds is 3. The molecule has 2 aromatic carbocycles. The van der Waals surface area contributed by atoms with E-state index in [1.165, 1.54) is 17.2 Å². The van der Waals surface area contributed by atoms with Gasteiger partial charge in [-0.1, -0.05) is 38.3 Å². The molecule has 5 atom stereocenters. The van der Waals surface area contributed by atoms with Crippen LogP contribution in [0.4, 0.5) is 0 Å². The van der Waals surface area contributed by atoms with E-state index in [9.17, 15) is 0 Å². The maximum Gasteiger partial charge on any atom is 4.00 e. The molecule has 0 N–H and O–H groups in total. The van der Waals surface area contributed by atoms with E-state index in [1.54, 1.807) is 5.30 Å². The van der Waals surface area contributed by atoms with Gasteiger partial charge in [0.2, 0.25) is 0 Å². The first kappa shape index (κ1) is 23.7. The monoisotopic (exact) mass is 484 g/mol. The number of benzene rings is 1. The summed E-state index contributed by atoms with van der Waals surface area (Å²) >= 11 is 0. The van der Waals surface area contributed by atoms with Crippen molar-refractivity contribution in [1.29, 1.82) is 0 Å². The van der Waals surface area contributed by atoms with Crippen molar-refractivity contribution in [3.05, 3.63) is 67.1 Å². The van der Waals surface area contributed by atoms with Crippen LogP contribution in [-0.2, 0) is 26.2 Å². The van der Waals surface area contributed by atoms with Crippen LogP contribution in [0.5, 0.6) is 0 Å². The SMILES string of the molecule is CP(c1cc2ccccc2[cH-]1)P(C)C1[CH-]C2C=CC=CC2C1.[Cl-].[Cl-].[Zr+4]. The van der Waals surface area contributed by atoms with Crippen LogP contribution in [0.3, 0.4) is 0 Å². The maximum atomic E-state index is 2.65. The Balaban J connectivity index is 0.00000104. The minimum atomic E-state index is -0.0371. The number of fused-ring (bicyclic) bond motifs is 2. The molecule has 0 aromatic heterocycles. The smallest absolute Gasteiger partial charge is 1.00 e. The van der Waals surface area contributed by atoms with E-state index in [-0.39, 0.29) is 66.2 Å². The van der Waals surface area contributed by atoms with Gasteiger partial charge in [-0.05, 0) is 19.2 Å². The van der Waals surface area contributed by atoms with Gasteiger partial charge in [-0.2, -0.15) is 6.07 Å². The number of allylic oxidation sites excluding steroid dienone is 4. The van der Waals surface area contributed by atoms with Crippen LogP contribution in [0.15, 0.2) is 60.7 Å². The Morgan fingerprint density at radius 1 is 1.04 bits per heavy atom. The molecule has 0 nitrogen and oxygen atoms in total. The molecule has 25 heavy (non-hydrogen) atoms. The second-order valence-electron chi connectivity index (χ2n) is 6.45. The van der Waals surface area contributed by atoms with Crippen molar-refractivity contribution >= 4 is 31.3 Å². The molecule has 2 aromatic rings. The molecule has 0 aliphatic heterocycles. The quantitative estimate of drug-likeness (QED) is 0.412. The van der Waals surface area contributed by atoms with E-state index in [0.29, 0.717) is 5.92 Å². The topological polar surface area (TPSA) is 0 Å². The average molecular weight is 486 g/mol. The summed E-state index contributed by atoms with van der Waals surface area (Å²) in [4.78, 5) is 0. The predicted molar refractivity (Wildman–Crippen MR) is 103 cm³/mol. The Labute approximate surface area is 185 Å². The van der Waals surface area contributed by atoms with Gasteiger partial charge in [0.05, 0.1) is 0 Å². The predicted octanol–water partition coefficient (Wildman–Crippen LogP) is -0.337. The van der Waals surface area contributed by atoms with E-state index in [4.69, 9.17) is 0 Å². The van der Waals surface area contributed by atoms with Gasteiger partial charge >= 0.3 is 26.2 Å². The van der Waals surface area contributed by atoms with Crippen molar-refractivity contribution in [3.8, 4) is 0 Å². The van der Waals surface area contributed by atoms with Crippen LogP contribution in [-0.4, -0.2) is 19.0 Å². The molecule has 130 valence electrons.